The molecule has 11 nitrogen and oxygen atoms in total. The first-order valence-corrected chi connectivity index (χ1v) is 27.9. The van der Waals surface area contributed by atoms with Crippen molar-refractivity contribution in [2.45, 2.75) is 281 Å². The van der Waals surface area contributed by atoms with Crippen LogP contribution in [0.25, 0.3) is 0 Å². The monoisotopic (exact) mass is 962 g/mol. The first-order chi connectivity index (χ1) is 33.2. The molecular formula is C57H103NO10. The summed E-state index contributed by atoms with van der Waals surface area (Å²) < 4.78 is 16.6. The summed E-state index contributed by atoms with van der Waals surface area (Å²) in [4.78, 5) is 25.0. The maximum Gasteiger partial charge on any atom is 0.305 e. The number of nitrogens with one attached hydrogen (secondary N) is 1. The Labute approximate surface area is 415 Å². The van der Waals surface area contributed by atoms with Gasteiger partial charge in [-0.25, -0.2) is 0 Å². The molecule has 7 atom stereocenters. The summed E-state index contributed by atoms with van der Waals surface area (Å²) in [6, 6.07) is -0.834. The zero-order valence-electron chi connectivity index (χ0n) is 43.3. The van der Waals surface area contributed by atoms with Gasteiger partial charge in [-0.3, -0.25) is 9.59 Å². The van der Waals surface area contributed by atoms with Gasteiger partial charge in [0.2, 0.25) is 5.91 Å². The number of esters is 1. The molecule has 0 aromatic rings. The summed E-state index contributed by atoms with van der Waals surface area (Å²) >= 11 is 0. The zero-order valence-corrected chi connectivity index (χ0v) is 43.3. The molecule has 1 amide bonds. The van der Waals surface area contributed by atoms with Gasteiger partial charge in [0.05, 0.1) is 32.0 Å². The van der Waals surface area contributed by atoms with Crippen LogP contribution in [-0.2, 0) is 23.8 Å². The molecule has 0 radical (unpaired) electrons. The van der Waals surface area contributed by atoms with Gasteiger partial charge in [0.25, 0.3) is 0 Å². The Morgan fingerprint density at radius 1 is 0.544 bits per heavy atom. The van der Waals surface area contributed by atoms with E-state index < -0.39 is 49.5 Å². The zero-order chi connectivity index (χ0) is 49.6. The van der Waals surface area contributed by atoms with Crippen molar-refractivity contribution in [2.75, 3.05) is 19.8 Å². The molecule has 1 rings (SSSR count). The predicted octanol–water partition coefficient (Wildman–Crippen LogP) is 12.1. The van der Waals surface area contributed by atoms with Crippen LogP contribution in [0.2, 0.25) is 0 Å². The highest BCUT2D eigenvalue weighted by atomic mass is 16.7. The molecule has 0 aromatic carbocycles. The molecule has 0 aliphatic carbocycles. The van der Waals surface area contributed by atoms with E-state index in [1.54, 1.807) is 6.08 Å². The van der Waals surface area contributed by atoms with Gasteiger partial charge in [0.1, 0.15) is 24.4 Å². The van der Waals surface area contributed by atoms with Crippen LogP contribution < -0.4 is 5.32 Å². The Kier molecular flexibility index (Phi) is 44.0. The number of allylic oxidation sites excluding steroid dienone is 7. The van der Waals surface area contributed by atoms with Crippen molar-refractivity contribution in [3.05, 3.63) is 48.6 Å². The Hall–Kier alpha value is -2.38. The summed E-state index contributed by atoms with van der Waals surface area (Å²) in [5.41, 5.74) is 0. The van der Waals surface area contributed by atoms with E-state index in [9.17, 15) is 35.1 Å². The fourth-order valence-corrected chi connectivity index (χ4v) is 8.44. The summed E-state index contributed by atoms with van der Waals surface area (Å²) in [6.07, 6.45) is 47.8. The number of ether oxygens (including phenoxy) is 3. The van der Waals surface area contributed by atoms with Gasteiger partial charge in [-0.05, 0) is 77.0 Å². The molecule has 0 bridgehead atoms. The van der Waals surface area contributed by atoms with Crippen molar-refractivity contribution >= 4 is 11.9 Å². The standard InChI is InChI=1S/C57H103NO10/c1-3-5-7-9-11-13-24-29-33-37-41-45-53(62)66-46-42-38-34-30-26-23-21-19-17-15-16-18-20-22-25-28-32-36-40-44-52(61)58-49(48-67-57-56(65)55(64)54(63)51(47-59)68-57)50(60)43-39-35-31-27-14-12-10-8-6-4-2/h14,19,21,23,26-27,39,43,49-51,54-57,59-60,63-65H,3-13,15-18,20,22,24-25,28-38,40-42,44-48H2,1-2H3,(H,58,61)/b21-19-,26-23-,27-14+,43-39+. The minimum absolute atomic E-state index is 0.0299. The van der Waals surface area contributed by atoms with Gasteiger partial charge in [-0.1, -0.05) is 197 Å². The molecule has 1 aliphatic rings. The van der Waals surface area contributed by atoms with E-state index in [1.807, 2.05) is 6.08 Å². The summed E-state index contributed by atoms with van der Waals surface area (Å²) in [5, 5.41) is 54.1. The topological polar surface area (TPSA) is 175 Å². The van der Waals surface area contributed by atoms with E-state index in [0.717, 1.165) is 89.9 Å². The predicted molar refractivity (Wildman–Crippen MR) is 278 cm³/mol. The van der Waals surface area contributed by atoms with E-state index in [1.165, 1.54) is 122 Å². The average Bonchev–Trinajstić information content (AvgIpc) is 3.33. The van der Waals surface area contributed by atoms with Crippen molar-refractivity contribution in [2.24, 2.45) is 0 Å². The second-order valence-corrected chi connectivity index (χ2v) is 19.3. The molecule has 6 N–H and O–H groups in total. The van der Waals surface area contributed by atoms with E-state index in [4.69, 9.17) is 14.2 Å². The maximum absolute atomic E-state index is 13.0. The number of carbonyl (C=O) groups is 2. The van der Waals surface area contributed by atoms with E-state index in [2.05, 4.69) is 55.6 Å². The number of unbranched alkanes of at least 4 members (excludes halogenated alkanes) is 28. The molecule has 0 aromatic heterocycles. The highest BCUT2D eigenvalue weighted by Crippen LogP contribution is 2.23. The average molecular weight is 962 g/mol. The third-order valence-corrected chi connectivity index (χ3v) is 12.9. The van der Waals surface area contributed by atoms with Gasteiger partial charge >= 0.3 is 5.97 Å². The fraction of sp³-hybridized carbons (Fsp3) is 0.825. The number of rotatable bonds is 47. The second kappa shape index (κ2) is 47.0. The number of hydrogen-bond acceptors (Lipinski definition) is 10. The molecule has 68 heavy (non-hydrogen) atoms. The van der Waals surface area contributed by atoms with Gasteiger partial charge in [0, 0.05) is 12.8 Å². The molecule has 1 aliphatic heterocycles. The molecule has 7 unspecified atom stereocenters. The third-order valence-electron chi connectivity index (χ3n) is 12.9. The van der Waals surface area contributed by atoms with Crippen LogP contribution in [0.5, 0.6) is 0 Å². The number of amides is 1. The molecule has 11 heteroatoms. The largest absolute Gasteiger partial charge is 0.466 e. The van der Waals surface area contributed by atoms with Crippen LogP contribution in [0.1, 0.15) is 239 Å². The highest BCUT2D eigenvalue weighted by Gasteiger charge is 2.44. The normalized spacial score (nSPS) is 19.8. The number of hydrogen-bond donors (Lipinski definition) is 6. The maximum atomic E-state index is 13.0. The quantitative estimate of drug-likeness (QED) is 0.0149. The van der Waals surface area contributed by atoms with Crippen molar-refractivity contribution in [1.82, 2.24) is 5.32 Å². The minimum atomic E-state index is -1.58. The lowest BCUT2D eigenvalue weighted by Crippen LogP contribution is -2.60. The van der Waals surface area contributed by atoms with Gasteiger partial charge in [-0.15, -0.1) is 0 Å². The second-order valence-electron chi connectivity index (χ2n) is 19.3. The summed E-state index contributed by atoms with van der Waals surface area (Å²) in [7, 11) is 0. The van der Waals surface area contributed by atoms with Crippen molar-refractivity contribution in [3.63, 3.8) is 0 Å². The SMILES string of the molecule is CCCCCC/C=C/CC/C=C/C(O)C(COC1OC(CO)C(O)C(O)C1O)NC(=O)CCCCCCCCCCCC/C=C\C=C/CCCCCOC(=O)CCCCCCCCCCCCC. The Balaban J connectivity index is 2.12. The van der Waals surface area contributed by atoms with Crippen LogP contribution in [0.4, 0.5) is 0 Å². The molecule has 396 valence electrons. The highest BCUT2D eigenvalue weighted by molar-refractivity contribution is 5.76. The van der Waals surface area contributed by atoms with E-state index >= 15 is 0 Å². The lowest BCUT2D eigenvalue weighted by atomic mass is 9.99. The molecule has 0 spiro atoms. The van der Waals surface area contributed by atoms with Crippen LogP contribution in [0.3, 0.4) is 0 Å². The lowest BCUT2D eigenvalue weighted by molar-refractivity contribution is -0.302. The number of aliphatic hydroxyl groups excluding tert-OH is 5. The first kappa shape index (κ1) is 63.6. The van der Waals surface area contributed by atoms with Crippen molar-refractivity contribution < 1.29 is 49.3 Å². The van der Waals surface area contributed by atoms with Crippen LogP contribution in [0, 0.1) is 0 Å². The van der Waals surface area contributed by atoms with E-state index in [0.29, 0.717) is 19.4 Å². The van der Waals surface area contributed by atoms with Crippen LogP contribution in [0.15, 0.2) is 48.6 Å². The van der Waals surface area contributed by atoms with Crippen molar-refractivity contribution in [3.8, 4) is 0 Å². The molecule has 0 saturated carbocycles. The Morgan fingerprint density at radius 3 is 1.56 bits per heavy atom. The van der Waals surface area contributed by atoms with Crippen LogP contribution >= 0.6 is 0 Å². The lowest BCUT2D eigenvalue weighted by Gasteiger charge is -2.40. The Bertz CT molecular complexity index is 1270. The molecule has 1 fully saturated rings. The van der Waals surface area contributed by atoms with Gasteiger partial charge in [0.15, 0.2) is 6.29 Å². The molecule has 1 saturated heterocycles. The summed E-state index contributed by atoms with van der Waals surface area (Å²) in [6.45, 7) is 4.23. The molecule has 1 heterocycles. The Morgan fingerprint density at radius 2 is 1.00 bits per heavy atom. The first-order valence-electron chi connectivity index (χ1n) is 27.9. The number of carbonyl (C=O) groups excluding carboxylic acids is 2. The number of aliphatic hydroxyl groups is 5. The minimum Gasteiger partial charge on any atom is -0.466 e. The third kappa shape index (κ3) is 36.5. The summed E-state index contributed by atoms with van der Waals surface area (Å²) in [5.74, 6) is -0.235. The van der Waals surface area contributed by atoms with Gasteiger partial charge in [-0.2, -0.15) is 0 Å². The molecular weight excluding hydrogens is 859 g/mol. The van der Waals surface area contributed by atoms with Gasteiger partial charge < -0.3 is 45.1 Å². The van der Waals surface area contributed by atoms with E-state index in [-0.39, 0.29) is 18.5 Å². The van der Waals surface area contributed by atoms with Crippen LogP contribution in [-0.4, -0.2) is 100 Å². The smallest absolute Gasteiger partial charge is 0.305 e. The van der Waals surface area contributed by atoms with Crippen molar-refractivity contribution in [1.29, 1.82) is 0 Å². The fourth-order valence-electron chi connectivity index (χ4n) is 8.44.